The Hall–Kier alpha value is -0.340. The Bertz CT molecular complexity index is 301. The molecule has 0 saturated carbocycles. The highest BCUT2D eigenvalue weighted by Gasteiger charge is 2.15. The Morgan fingerprint density at radius 1 is 1.20 bits per heavy atom. The second-order valence-corrected chi connectivity index (χ2v) is 5.38. The van der Waals surface area contributed by atoms with Gasteiger partial charge in [-0.25, -0.2) is 0 Å². The number of benzene rings is 1. The average molecular weight is 268 g/mol. The monoisotopic (exact) mass is 267 g/mol. The second-order valence-electron chi connectivity index (χ2n) is 4.46. The van der Waals surface area contributed by atoms with Crippen molar-refractivity contribution in [2.45, 2.75) is 25.7 Å². The lowest BCUT2D eigenvalue weighted by Crippen LogP contribution is -2.24. The van der Waals surface area contributed by atoms with E-state index >= 15 is 0 Å². The van der Waals surface area contributed by atoms with E-state index in [2.05, 4.69) is 52.0 Å². The lowest BCUT2D eigenvalue weighted by Gasteiger charge is -2.20. The van der Waals surface area contributed by atoms with Crippen LogP contribution in [0.15, 0.2) is 28.7 Å². The largest absolute Gasteiger partial charge is 0.303 e. The molecule has 1 aromatic carbocycles. The van der Waals surface area contributed by atoms with Crippen LogP contribution in [-0.2, 0) is 0 Å². The zero-order valence-corrected chi connectivity index (χ0v) is 10.8. The van der Waals surface area contributed by atoms with Gasteiger partial charge in [0.05, 0.1) is 0 Å². The molecule has 1 unspecified atom stereocenters. The minimum absolute atomic E-state index is 0.649. The van der Waals surface area contributed by atoms with Crippen LogP contribution >= 0.6 is 15.9 Å². The van der Waals surface area contributed by atoms with E-state index in [0.717, 1.165) is 0 Å². The number of hydrogen-bond acceptors (Lipinski definition) is 1. The normalized spacial score (nSPS) is 19.3. The van der Waals surface area contributed by atoms with Gasteiger partial charge in [-0.1, -0.05) is 35.0 Å². The molecule has 1 saturated heterocycles. The fourth-order valence-electron chi connectivity index (χ4n) is 2.25. The number of nitrogens with zero attached hydrogens (tertiary/aromatic N) is 1. The highest BCUT2D eigenvalue weighted by atomic mass is 79.9. The highest BCUT2D eigenvalue weighted by molar-refractivity contribution is 9.10. The number of rotatable bonds is 3. The third-order valence-corrected chi connectivity index (χ3v) is 3.70. The van der Waals surface area contributed by atoms with E-state index in [4.69, 9.17) is 0 Å². The molecule has 82 valence electrons. The topological polar surface area (TPSA) is 3.24 Å². The van der Waals surface area contributed by atoms with Crippen molar-refractivity contribution in [1.82, 2.24) is 4.90 Å². The molecule has 2 heteroatoms. The van der Waals surface area contributed by atoms with E-state index in [1.165, 1.54) is 42.5 Å². The van der Waals surface area contributed by atoms with Crippen LogP contribution in [0.2, 0.25) is 0 Å². The van der Waals surface area contributed by atoms with Crippen LogP contribution in [-0.4, -0.2) is 24.5 Å². The molecule has 0 spiro atoms. The first-order valence-corrected chi connectivity index (χ1v) is 6.53. The Morgan fingerprint density at radius 3 is 2.40 bits per heavy atom. The summed E-state index contributed by atoms with van der Waals surface area (Å²) in [5.74, 6) is 0.649. The fourth-order valence-corrected chi connectivity index (χ4v) is 2.51. The van der Waals surface area contributed by atoms with Crippen molar-refractivity contribution in [3.05, 3.63) is 34.3 Å². The molecule has 0 radical (unpaired) electrons. The quantitative estimate of drug-likeness (QED) is 0.808. The van der Waals surface area contributed by atoms with Gasteiger partial charge in [-0.2, -0.15) is 0 Å². The van der Waals surface area contributed by atoms with E-state index in [1.807, 2.05) is 0 Å². The molecule has 1 heterocycles. The van der Waals surface area contributed by atoms with Crippen LogP contribution < -0.4 is 0 Å². The Morgan fingerprint density at radius 2 is 1.80 bits per heavy atom. The number of halogens is 1. The average Bonchev–Trinajstić information content (AvgIpc) is 2.71. The van der Waals surface area contributed by atoms with Crippen molar-refractivity contribution in [1.29, 1.82) is 0 Å². The third-order valence-electron chi connectivity index (χ3n) is 3.17. The summed E-state index contributed by atoms with van der Waals surface area (Å²) in [6, 6.07) is 8.72. The smallest absolute Gasteiger partial charge is 0.0175 e. The van der Waals surface area contributed by atoms with Crippen molar-refractivity contribution < 1.29 is 0 Å². The van der Waals surface area contributed by atoms with Gasteiger partial charge in [0.15, 0.2) is 0 Å². The summed E-state index contributed by atoms with van der Waals surface area (Å²) in [5.41, 5.74) is 1.45. The molecule has 0 amide bonds. The van der Waals surface area contributed by atoms with E-state index in [1.54, 1.807) is 0 Å². The minimum Gasteiger partial charge on any atom is -0.303 e. The van der Waals surface area contributed by atoms with E-state index in [9.17, 15) is 0 Å². The summed E-state index contributed by atoms with van der Waals surface area (Å²) >= 11 is 3.47. The zero-order valence-electron chi connectivity index (χ0n) is 9.25. The van der Waals surface area contributed by atoms with Gasteiger partial charge in [0.25, 0.3) is 0 Å². The summed E-state index contributed by atoms with van der Waals surface area (Å²) in [6.07, 6.45) is 2.76. The molecule has 0 bridgehead atoms. The molecule has 0 N–H and O–H groups in total. The molecular weight excluding hydrogens is 250 g/mol. The molecule has 0 aliphatic carbocycles. The summed E-state index contributed by atoms with van der Waals surface area (Å²) in [6.45, 7) is 6.12. The highest BCUT2D eigenvalue weighted by Crippen LogP contribution is 2.21. The summed E-state index contributed by atoms with van der Waals surface area (Å²) in [4.78, 5) is 2.58. The van der Waals surface area contributed by atoms with Crippen molar-refractivity contribution >= 4 is 15.9 Å². The molecule has 1 fully saturated rings. The maximum atomic E-state index is 3.47. The van der Waals surface area contributed by atoms with Gasteiger partial charge < -0.3 is 4.90 Å². The zero-order chi connectivity index (χ0) is 10.7. The van der Waals surface area contributed by atoms with Gasteiger partial charge in [-0.3, -0.25) is 0 Å². The lowest BCUT2D eigenvalue weighted by molar-refractivity contribution is 0.320. The number of likely N-dealkylation sites (tertiary alicyclic amines) is 1. The maximum absolute atomic E-state index is 3.47. The summed E-state index contributed by atoms with van der Waals surface area (Å²) in [5, 5.41) is 0. The Labute approximate surface area is 101 Å². The SMILES string of the molecule is CC(CN1CCCC1)c1ccc(Br)cc1. The summed E-state index contributed by atoms with van der Waals surface area (Å²) < 4.78 is 1.17. The standard InChI is InChI=1S/C13H18BrN/c1-11(10-15-8-2-3-9-15)12-4-6-13(14)7-5-12/h4-7,11H,2-3,8-10H2,1H3. The predicted molar refractivity (Wildman–Crippen MR) is 68.2 cm³/mol. The Balaban J connectivity index is 1.94. The predicted octanol–water partition coefficient (Wildman–Crippen LogP) is 3.65. The van der Waals surface area contributed by atoms with Crippen molar-refractivity contribution in [3.63, 3.8) is 0 Å². The van der Waals surface area contributed by atoms with Gasteiger partial charge in [-0.05, 0) is 49.5 Å². The molecule has 1 aliphatic rings. The lowest BCUT2D eigenvalue weighted by atomic mass is 10.0. The van der Waals surface area contributed by atoms with Gasteiger partial charge in [0.2, 0.25) is 0 Å². The molecule has 2 rings (SSSR count). The van der Waals surface area contributed by atoms with Crippen molar-refractivity contribution in [3.8, 4) is 0 Å². The van der Waals surface area contributed by atoms with Gasteiger partial charge in [0.1, 0.15) is 0 Å². The molecule has 1 atom stereocenters. The molecule has 15 heavy (non-hydrogen) atoms. The van der Waals surface area contributed by atoms with Crippen LogP contribution in [0.1, 0.15) is 31.2 Å². The number of hydrogen-bond donors (Lipinski definition) is 0. The first-order valence-electron chi connectivity index (χ1n) is 5.73. The van der Waals surface area contributed by atoms with Crippen LogP contribution in [0.5, 0.6) is 0 Å². The molecule has 1 aliphatic heterocycles. The molecule has 0 aromatic heterocycles. The van der Waals surface area contributed by atoms with E-state index < -0.39 is 0 Å². The maximum Gasteiger partial charge on any atom is 0.0175 e. The molecule has 1 nitrogen and oxygen atoms in total. The van der Waals surface area contributed by atoms with E-state index in [0.29, 0.717) is 5.92 Å². The molecule has 1 aromatic rings. The fraction of sp³-hybridized carbons (Fsp3) is 0.538. The van der Waals surface area contributed by atoms with E-state index in [-0.39, 0.29) is 0 Å². The van der Waals surface area contributed by atoms with Gasteiger partial charge in [-0.15, -0.1) is 0 Å². The van der Waals surface area contributed by atoms with Gasteiger partial charge >= 0.3 is 0 Å². The van der Waals surface area contributed by atoms with Crippen LogP contribution in [0, 0.1) is 0 Å². The van der Waals surface area contributed by atoms with Crippen molar-refractivity contribution in [2.75, 3.05) is 19.6 Å². The summed E-state index contributed by atoms with van der Waals surface area (Å²) in [7, 11) is 0. The van der Waals surface area contributed by atoms with Crippen LogP contribution in [0.3, 0.4) is 0 Å². The first-order chi connectivity index (χ1) is 7.25. The van der Waals surface area contributed by atoms with Crippen LogP contribution in [0.4, 0.5) is 0 Å². The minimum atomic E-state index is 0.649. The Kier molecular flexibility index (Phi) is 3.81. The third kappa shape index (κ3) is 3.05. The van der Waals surface area contributed by atoms with Gasteiger partial charge in [0, 0.05) is 11.0 Å². The molecular formula is C13H18BrN. The van der Waals surface area contributed by atoms with Crippen LogP contribution in [0.25, 0.3) is 0 Å². The second kappa shape index (κ2) is 5.13. The van der Waals surface area contributed by atoms with Crippen molar-refractivity contribution in [2.24, 2.45) is 0 Å². The first kappa shape index (κ1) is 11.2.